The molecule has 1 aliphatic rings. The van der Waals surface area contributed by atoms with E-state index in [-0.39, 0.29) is 23.6 Å². The Morgan fingerprint density at radius 3 is 2.76 bits per heavy atom. The highest BCUT2D eigenvalue weighted by atomic mass is 79.9. The quantitative estimate of drug-likeness (QED) is 0.719. The minimum absolute atomic E-state index is 0.237. The van der Waals surface area contributed by atoms with Crippen LogP contribution in [0.25, 0.3) is 0 Å². The molecule has 3 rings (SSSR count). The van der Waals surface area contributed by atoms with Gasteiger partial charge in [-0.1, -0.05) is 17.7 Å². The summed E-state index contributed by atoms with van der Waals surface area (Å²) in [5, 5.41) is 0.400. The van der Waals surface area contributed by atoms with E-state index in [4.69, 9.17) is 16.3 Å². The molecule has 0 saturated carbocycles. The number of halogens is 2. The third kappa shape index (κ3) is 4.31. The maximum atomic E-state index is 13.0. The maximum Gasteiger partial charge on any atom is 0.316 e. The highest BCUT2D eigenvalue weighted by molar-refractivity contribution is 9.10. The molecule has 1 fully saturated rings. The molecule has 2 heterocycles. The van der Waals surface area contributed by atoms with E-state index in [0.717, 1.165) is 10.9 Å². The second-order valence-corrected chi connectivity index (χ2v) is 9.10. The van der Waals surface area contributed by atoms with E-state index < -0.39 is 10.0 Å². The Balaban J connectivity index is 1.78. The first-order valence-electron chi connectivity index (χ1n) is 7.77. The van der Waals surface area contributed by atoms with Gasteiger partial charge in [0.1, 0.15) is 6.10 Å². The van der Waals surface area contributed by atoms with E-state index in [9.17, 15) is 8.42 Å². The van der Waals surface area contributed by atoms with E-state index in [1.165, 1.54) is 10.4 Å². The monoisotopic (exact) mass is 445 g/mol. The molecule has 1 aromatic carbocycles. The number of sulfonamides is 1. The van der Waals surface area contributed by atoms with E-state index >= 15 is 0 Å². The van der Waals surface area contributed by atoms with Crippen molar-refractivity contribution < 1.29 is 13.2 Å². The lowest BCUT2D eigenvalue weighted by molar-refractivity contribution is 0.119. The zero-order chi connectivity index (χ0) is 18.0. The molecule has 9 heteroatoms. The standard InChI is InChI=1S/C16H17BrClN3O3S/c1-11-4-5-13(18)7-15(11)25(22,23)21-6-2-3-14(10-21)24-16-19-8-12(17)9-20-16/h4-5,7-9,14H,2-3,6,10H2,1H3. The van der Waals surface area contributed by atoms with Gasteiger partial charge in [0.2, 0.25) is 10.0 Å². The summed E-state index contributed by atoms with van der Waals surface area (Å²) in [4.78, 5) is 8.39. The first kappa shape index (κ1) is 18.6. The lowest BCUT2D eigenvalue weighted by atomic mass is 10.1. The van der Waals surface area contributed by atoms with Gasteiger partial charge in [-0.25, -0.2) is 18.4 Å². The average Bonchev–Trinajstić information content (AvgIpc) is 2.59. The second kappa shape index (κ2) is 7.57. The third-order valence-corrected chi connectivity index (χ3v) is 6.63. The molecule has 0 bridgehead atoms. The van der Waals surface area contributed by atoms with Gasteiger partial charge in [-0.05, 0) is 53.4 Å². The second-order valence-electron chi connectivity index (χ2n) is 5.84. The van der Waals surface area contributed by atoms with Crippen molar-refractivity contribution in [1.29, 1.82) is 0 Å². The molecule has 2 aromatic rings. The first-order valence-corrected chi connectivity index (χ1v) is 10.4. The first-order chi connectivity index (χ1) is 11.9. The summed E-state index contributed by atoms with van der Waals surface area (Å²) < 4.78 is 33.9. The van der Waals surface area contributed by atoms with Crippen LogP contribution >= 0.6 is 27.5 Å². The van der Waals surface area contributed by atoms with Crippen LogP contribution in [0.1, 0.15) is 18.4 Å². The fourth-order valence-electron chi connectivity index (χ4n) is 2.72. The number of hydrogen-bond acceptors (Lipinski definition) is 5. The Kier molecular flexibility index (Phi) is 5.62. The molecule has 6 nitrogen and oxygen atoms in total. The van der Waals surface area contributed by atoms with Crippen LogP contribution in [0.4, 0.5) is 0 Å². The smallest absolute Gasteiger partial charge is 0.316 e. The fraction of sp³-hybridized carbons (Fsp3) is 0.375. The molecule has 0 amide bonds. The van der Waals surface area contributed by atoms with Crippen LogP contribution in [0.3, 0.4) is 0 Å². The van der Waals surface area contributed by atoms with Gasteiger partial charge >= 0.3 is 6.01 Å². The van der Waals surface area contributed by atoms with Gasteiger partial charge in [0.05, 0.1) is 15.9 Å². The summed E-state index contributed by atoms with van der Waals surface area (Å²) in [6, 6.07) is 5.13. The predicted molar refractivity (Wildman–Crippen MR) is 98.3 cm³/mol. The van der Waals surface area contributed by atoms with Gasteiger partial charge in [-0.15, -0.1) is 0 Å². The Morgan fingerprint density at radius 2 is 2.04 bits per heavy atom. The Bertz CT molecular complexity index is 861. The van der Waals surface area contributed by atoms with Crippen molar-refractivity contribution in [2.24, 2.45) is 0 Å². The summed E-state index contributed by atoms with van der Waals surface area (Å²) in [5.74, 6) is 0. The van der Waals surface area contributed by atoms with E-state index in [1.54, 1.807) is 31.5 Å². The number of nitrogens with zero attached hydrogens (tertiary/aromatic N) is 3. The fourth-order valence-corrected chi connectivity index (χ4v) is 4.92. The Labute approximate surface area is 160 Å². The Hall–Kier alpha value is -1.22. The van der Waals surface area contributed by atoms with Crippen LogP contribution in [-0.4, -0.2) is 41.9 Å². The molecule has 25 heavy (non-hydrogen) atoms. The van der Waals surface area contributed by atoms with Crippen molar-refractivity contribution in [3.8, 4) is 6.01 Å². The minimum atomic E-state index is -3.63. The molecule has 0 N–H and O–H groups in total. The van der Waals surface area contributed by atoms with Crippen LogP contribution in [0.15, 0.2) is 40.0 Å². The topological polar surface area (TPSA) is 72.4 Å². The van der Waals surface area contributed by atoms with Gasteiger partial charge in [-0.3, -0.25) is 0 Å². The van der Waals surface area contributed by atoms with Crippen molar-refractivity contribution in [2.75, 3.05) is 13.1 Å². The third-order valence-electron chi connectivity index (χ3n) is 3.98. The lowest BCUT2D eigenvalue weighted by Crippen LogP contribution is -2.44. The average molecular weight is 447 g/mol. The molecule has 1 aliphatic heterocycles. The van der Waals surface area contributed by atoms with E-state index in [0.29, 0.717) is 23.6 Å². The lowest BCUT2D eigenvalue weighted by Gasteiger charge is -2.31. The summed E-state index contributed by atoms with van der Waals surface area (Å²) in [7, 11) is -3.63. The number of hydrogen-bond donors (Lipinski definition) is 0. The normalized spacial score (nSPS) is 18.9. The number of ether oxygens (including phenoxy) is 1. The van der Waals surface area contributed by atoms with Crippen molar-refractivity contribution in [1.82, 2.24) is 14.3 Å². The molecule has 1 aromatic heterocycles. The highest BCUT2D eigenvalue weighted by Crippen LogP contribution is 2.27. The van der Waals surface area contributed by atoms with Gasteiger partial charge in [0.15, 0.2) is 0 Å². The zero-order valence-corrected chi connectivity index (χ0v) is 16.7. The largest absolute Gasteiger partial charge is 0.459 e. The number of piperidine rings is 1. The van der Waals surface area contributed by atoms with Gasteiger partial charge < -0.3 is 4.74 Å². The van der Waals surface area contributed by atoms with E-state index in [2.05, 4.69) is 25.9 Å². The van der Waals surface area contributed by atoms with Crippen molar-refractivity contribution in [3.05, 3.63) is 45.7 Å². The van der Waals surface area contributed by atoms with Gasteiger partial charge in [0, 0.05) is 24.0 Å². The molecule has 0 aliphatic carbocycles. The predicted octanol–water partition coefficient (Wildman–Crippen LogP) is 3.43. The summed E-state index contributed by atoms with van der Waals surface area (Å²) >= 11 is 9.25. The summed E-state index contributed by atoms with van der Waals surface area (Å²) in [6.07, 6.45) is 4.36. The van der Waals surface area contributed by atoms with Crippen LogP contribution < -0.4 is 4.74 Å². The number of rotatable bonds is 4. The molecule has 1 atom stereocenters. The zero-order valence-electron chi connectivity index (χ0n) is 13.5. The molecule has 1 saturated heterocycles. The van der Waals surface area contributed by atoms with Gasteiger partial charge in [-0.2, -0.15) is 4.31 Å². The molecule has 0 radical (unpaired) electrons. The van der Waals surface area contributed by atoms with Crippen LogP contribution in [-0.2, 0) is 10.0 Å². The highest BCUT2D eigenvalue weighted by Gasteiger charge is 2.32. The summed E-state index contributed by atoms with van der Waals surface area (Å²) in [6.45, 7) is 2.47. The van der Waals surface area contributed by atoms with Crippen LogP contribution in [0.5, 0.6) is 6.01 Å². The molecule has 134 valence electrons. The van der Waals surface area contributed by atoms with Crippen molar-refractivity contribution in [3.63, 3.8) is 0 Å². The molecular weight excluding hydrogens is 430 g/mol. The van der Waals surface area contributed by atoms with Gasteiger partial charge in [0.25, 0.3) is 0 Å². The van der Waals surface area contributed by atoms with Crippen molar-refractivity contribution in [2.45, 2.75) is 30.8 Å². The Morgan fingerprint density at radius 1 is 1.32 bits per heavy atom. The SMILES string of the molecule is Cc1ccc(Cl)cc1S(=O)(=O)N1CCCC(Oc2ncc(Br)cn2)C1. The van der Waals surface area contributed by atoms with Crippen molar-refractivity contribution >= 4 is 37.6 Å². The number of aromatic nitrogens is 2. The molecule has 0 spiro atoms. The maximum absolute atomic E-state index is 13.0. The number of aryl methyl sites for hydroxylation is 1. The minimum Gasteiger partial charge on any atom is -0.459 e. The molecule has 1 unspecified atom stereocenters. The molecular formula is C16H17BrClN3O3S. The number of benzene rings is 1. The summed E-state index contributed by atoms with van der Waals surface area (Å²) in [5.41, 5.74) is 0.670. The van der Waals surface area contributed by atoms with E-state index in [1.807, 2.05) is 0 Å². The van der Waals surface area contributed by atoms with Crippen LogP contribution in [0, 0.1) is 6.92 Å². The van der Waals surface area contributed by atoms with Crippen LogP contribution in [0.2, 0.25) is 5.02 Å².